The summed E-state index contributed by atoms with van der Waals surface area (Å²) < 4.78 is 19.0. The van der Waals surface area contributed by atoms with Crippen LogP contribution in [0.15, 0.2) is 42.5 Å². The summed E-state index contributed by atoms with van der Waals surface area (Å²) in [4.78, 5) is 0. The van der Waals surface area contributed by atoms with E-state index < -0.39 is 12.7 Å². The maximum absolute atomic E-state index is 6.34. The van der Waals surface area contributed by atoms with Gasteiger partial charge in [-0.05, 0) is 58.6 Å². The quantitative estimate of drug-likeness (QED) is 0.728. The Labute approximate surface area is 150 Å². The van der Waals surface area contributed by atoms with Gasteiger partial charge < -0.3 is 14.0 Å². The van der Waals surface area contributed by atoms with Crippen molar-refractivity contribution < 1.29 is 14.0 Å². The van der Waals surface area contributed by atoms with Gasteiger partial charge in [0.2, 0.25) is 0 Å². The first-order valence-corrected chi connectivity index (χ1v) is 8.90. The number of hydrogen-bond donors (Lipinski definition) is 0. The van der Waals surface area contributed by atoms with Crippen molar-refractivity contribution in [2.24, 2.45) is 0 Å². The monoisotopic (exact) mass is 336 g/mol. The van der Waals surface area contributed by atoms with Gasteiger partial charge in [0.25, 0.3) is 0 Å². The molecule has 0 bridgehead atoms. The van der Waals surface area contributed by atoms with Crippen molar-refractivity contribution in [3.05, 3.63) is 48.0 Å². The Morgan fingerprint density at radius 2 is 1.32 bits per heavy atom. The van der Waals surface area contributed by atoms with Crippen molar-refractivity contribution >= 4 is 12.6 Å². The smallest absolute Gasteiger partial charge is 0.483 e. The molecular weight excluding hydrogens is 311 g/mol. The van der Waals surface area contributed by atoms with Crippen molar-refractivity contribution in [1.29, 1.82) is 0 Å². The van der Waals surface area contributed by atoms with Crippen LogP contribution in [0.3, 0.4) is 0 Å². The predicted molar refractivity (Wildman–Crippen MR) is 101 cm³/mol. The summed E-state index contributed by atoms with van der Waals surface area (Å²) in [7, 11) is -0.395. The fourth-order valence-corrected chi connectivity index (χ4v) is 3.74. The minimum atomic E-state index is -0.454. The molecule has 0 aromatic heterocycles. The molecule has 4 heteroatoms. The fraction of sp³-hybridized carbons (Fsp3) is 0.429. The molecule has 0 radical (unpaired) electrons. The van der Waals surface area contributed by atoms with E-state index in [1.54, 1.807) is 0 Å². The molecule has 0 aliphatic carbocycles. The molecule has 130 valence electrons. The molecule has 2 aliphatic rings. The molecule has 2 aromatic carbocycles. The van der Waals surface area contributed by atoms with E-state index in [0.29, 0.717) is 0 Å². The molecule has 0 amide bonds. The molecule has 2 aliphatic heterocycles. The number of fused-ring (bicyclic) bond motifs is 3. The SMILES string of the molecule is CC1(C)Oc2ccccc2-c2cccc(B3OC(C)(C)C(C)(C)O3)c21. The normalized spacial score (nSPS) is 22.1. The van der Waals surface area contributed by atoms with Gasteiger partial charge in [0, 0.05) is 11.1 Å². The summed E-state index contributed by atoms with van der Waals surface area (Å²) in [6.07, 6.45) is 0. The number of hydrogen-bond acceptors (Lipinski definition) is 3. The molecule has 2 heterocycles. The van der Waals surface area contributed by atoms with Crippen molar-refractivity contribution in [2.45, 2.75) is 58.3 Å². The Kier molecular flexibility index (Phi) is 3.42. The van der Waals surface area contributed by atoms with Crippen LogP contribution in [0.1, 0.15) is 47.1 Å². The number of para-hydroxylation sites is 1. The molecule has 4 rings (SSSR count). The van der Waals surface area contributed by atoms with E-state index in [2.05, 4.69) is 65.8 Å². The van der Waals surface area contributed by atoms with Gasteiger partial charge in [0.1, 0.15) is 11.4 Å². The van der Waals surface area contributed by atoms with Gasteiger partial charge in [0.15, 0.2) is 0 Å². The van der Waals surface area contributed by atoms with Gasteiger partial charge in [-0.25, -0.2) is 0 Å². The Morgan fingerprint density at radius 3 is 2.00 bits per heavy atom. The molecule has 0 unspecified atom stereocenters. The van der Waals surface area contributed by atoms with Gasteiger partial charge >= 0.3 is 7.12 Å². The van der Waals surface area contributed by atoms with Crippen LogP contribution < -0.4 is 10.2 Å². The Morgan fingerprint density at radius 1 is 0.720 bits per heavy atom. The molecule has 1 fully saturated rings. The maximum Gasteiger partial charge on any atom is 0.495 e. The lowest BCUT2D eigenvalue weighted by Gasteiger charge is -2.37. The third-order valence-electron chi connectivity index (χ3n) is 5.75. The second-order valence-electron chi connectivity index (χ2n) is 8.47. The van der Waals surface area contributed by atoms with Gasteiger partial charge in [-0.2, -0.15) is 0 Å². The highest BCUT2D eigenvalue weighted by Crippen LogP contribution is 2.45. The molecule has 3 nitrogen and oxygen atoms in total. The zero-order valence-corrected chi connectivity index (χ0v) is 15.8. The summed E-state index contributed by atoms with van der Waals surface area (Å²) in [5.41, 5.74) is 3.33. The molecule has 0 atom stereocenters. The topological polar surface area (TPSA) is 27.7 Å². The minimum absolute atomic E-state index is 0.363. The van der Waals surface area contributed by atoms with Crippen LogP contribution in [-0.4, -0.2) is 18.3 Å². The van der Waals surface area contributed by atoms with Crippen LogP contribution in [0.2, 0.25) is 0 Å². The average molecular weight is 336 g/mol. The van der Waals surface area contributed by atoms with Gasteiger partial charge in [-0.15, -0.1) is 0 Å². The summed E-state index contributed by atoms with van der Waals surface area (Å²) in [6, 6.07) is 14.5. The summed E-state index contributed by atoms with van der Waals surface area (Å²) in [5, 5.41) is 0. The van der Waals surface area contributed by atoms with Gasteiger partial charge in [-0.3, -0.25) is 0 Å². The van der Waals surface area contributed by atoms with E-state index in [4.69, 9.17) is 14.0 Å². The van der Waals surface area contributed by atoms with E-state index in [1.807, 2.05) is 18.2 Å². The van der Waals surface area contributed by atoms with Crippen LogP contribution in [-0.2, 0) is 14.9 Å². The number of benzene rings is 2. The fourth-order valence-electron chi connectivity index (χ4n) is 3.74. The average Bonchev–Trinajstić information content (AvgIpc) is 2.74. The first kappa shape index (κ1) is 16.7. The Balaban J connectivity index is 1.89. The second kappa shape index (κ2) is 5.12. The number of rotatable bonds is 1. The van der Waals surface area contributed by atoms with E-state index >= 15 is 0 Å². The Hall–Kier alpha value is -1.78. The van der Waals surface area contributed by atoms with Crippen molar-refractivity contribution in [2.75, 3.05) is 0 Å². The molecular formula is C21H25BO3. The first-order valence-electron chi connectivity index (χ1n) is 8.90. The predicted octanol–water partition coefficient (Wildman–Crippen LogP) is 4.28. The highest BCUT2D eigenvalue weighted by Gasteiger charge is 2.53. The minimum Gasteiger partial charge on any atom is -0.483 e. The molecule has 0 spiro atoms. The van der Waals surface area contributed by atoms with Crippen LogP contribution in [0, 0.1) is 0 Å². The lowest BCUT2D eigenvalue weighted by molar-refractivity contribution is 0.00578. The molecule has 0 N–H and O–H groups in total. The van der Waals surface area contributed by atoms with Crippen LogP contribution >= 0.6 is 0 Å². The molecule has 0 saturated carbocycles. The summed E-state index contributed by atoms with van der Waals surface area (Å²) in [5.74, 6) is 0.922. The second-order valence-corrected chi connectivity index (χ2v) is 8.47. The van der Waals surface area contributed by atoms with Crippen LogP contribution in [0.25, 0.3) is 11.1 Å². The van der Waals surface area contributed by atoms with Crippen molar-refractivity contribution in [3.63, 3.8) is 0 Å². The zero-order valence-electron chi connectivity index (χ0n) is 15.8. The highest BCUT2D eigenvalue weighted by atomic mass is 16.7. The van der Waals surface area contributed by atoms with Gasteiger partial charge in [0.05, 0.1) is 11.2 Å². The molecule has 1 saturated heterocycles. The van der Waals surface area contributed by atoms with E-state index in [1.165, 1.54) is 5.56 Å². The standard InChI is InChI=1S/C21H25BO3/c1-19(2)18-15(14-10-7-8-13-17(14)23-19)11-9-12-16(18)22-24-20(3,4)21(5,6)25-22/h7-13H,1-6H3. The highest BCUT2D eigenvalue weighted by molar-refractivity contribution is 6.63. The van der Waals surface area contributed by atoms with Crippen LogP contribution in [0.4, 0.5) is 0 Å². The van der Waals surface area contributed by atoms with Crippen molar-refractivity contribution in [3.8, 4) is 16.9 Å². The van der Waals surface area contributed by atoms with E-state index in [9.17, 15) is 0 Å². The lowest BCUT2D eigenvalue weighted by Crippen LogP contribution is -2.44. The molecule has 2 aromatic rings. The van der Waals surface area contributed by atoms with Gasteiger partial charge in [-0.1, -0.05) is 36.4 Å². The first-order chi connectivity index (χ1) is 11.6. The zero-order chi connectivity index (χ0) is 18.0. The van der Waals surface area contributed by atoms with E-state index in [0.717, 1.165) is 22.3 Å². The third-order valence-corrected chi connectivity index (χ3v) is 5.75. The number of ether oxygens (including phenoxy) is 1. The lowest BCUT2D eigenvalue weighted by atomic mass is 9.69. The van der Waals surface area contributed by atoms with E-state index in [-0.39, 0.29) is 11.2 Å². The van der Waals surface area contributed by atoms with Crippen molar-refractivity contribution in [1.82, 2.24) is 0 Å². The Bertz CT molecular complexity index is 823. The summed E-state index contributed by atoms with van der Waals surface area (Å²) >= 11 is 0. The summed E-state index contributed by atoms with van der Waals surface area (Å²) in [6.45, 7) is 12.5. The largest absolute Gasteiger partial charge is 0.495 e. The third kappa shape index (κ3) is 2.43. The molecule has 25 heavy (non-hydrogen) atoms. The van der Waals surface area contributed by atoms with Crippen LogP contribution in [0.5, 0.6) is 5.75 Å². The maximum atomic E-state index is 6.34.